The summed E-state index contributed by atoms with van der Waals surface area (Å²) in [6.07, 6.45) is 12.4. The van der Waals surface area contributed by atoms with E-state index in [1.54, 1.807) is 0 Å². The molecule has 0 aliphatic rings. The fraction of sp³-hybridized carbons (Fsp3) is 0.875. The Balaban J connectivity index is 5.24. The highest BCUT2D eigenvalue weighted by Crippen LogP contribution is 2.17. The number of aliphatic hydroxyl groups excluding tert-OH is 1. The Morgan fingerprint density at radius 2 is 1.32 bits per heavy atom. The van der Waals surface area contributed by atoms with E-state index in [-0.39, 0.29) is 43.7 Å². The molecule has 0 aromatic rings. The van der Waals surface area contributed by atoms with E-state index in [0.29, 0.717) is 19.4 Å². The quantitative estimate of drug-likeness (QED) is 0.250. The number of amides is 3. The summed E-state index contributed by atoms with van der Waals surface area (Å²) in [6, 6.07) is -0.829. The number of unbranched alkanes of at least 4 members (excludes halogenated alkanes) is 9. The Labute approximate surface area is 189 Å². The molecule has 7 nitrogen and oxygen atoms in total. The lowest BCUT2D eigenvalue weighted by atomic mass is 10.0. The Bertz CT molecular complexity index is 459. The minimum Gasteiger partial charge on any atom is -0.395 e. The van der Waals surface area contributed by atoms with Gasteiger partial charge in [-0.05, 0) is 38.6 Å². The molecule has 3 amide bonds. The number of rotatable bonds is 20. The third-order valence-corrected chi connectivity index (χ3v) is 5.48. The van der Waals surface area contributed by atoms with E-state index < -0.39 is 6.04 Å². The number of nitrogens with one attached hydrogen (secondary N) is 1. The summed E-state index contributed by atoms with van der Waals surface area (Å²) in [7, 11) is 0. The summed E-state index contributed by atoms with van der Waals surface area (Å²) in [5.41, 5.74) is 5.60. The molecular formula is C24H47N3O4. The zero-order chi connectivity index (χ0) is 23.3. The van der Waals surface area contributed by atoms with Gasteiger partial charge in [-0.3, -0.25) is 19.3 Å². The second-order valence-corrected chi connectivity index (χ2v) is 8.30. The van der Waals surface area contributed by atoms with Gasteiger partial charge in [0.2, 0.25) is 17.7 Å². The Morgan fingerprint density at radius 3 is 1.77 bits per heavy atom. The van der Waals surface area contributed by atoms with Crippen LogP contribution in [0.5, 0.6) is 0 Å². The molecule has 0 aromatic heterocycles. The van der Waals surface area contributed by atoms with Gasteiger partial charge in [-0.25, -0.2) is 0 Å². The van der Waals surface area contributed by atoms with Gasteiger partial charge < -0.3 is 16.2 Å². The number of nitrogens with two attached hydrogens (primary N) is 1. The maximum atomic E-state index is 13.1. The maximum absolute atomic E-state index is 13.1. The predicted molar refractivity (Wildman–Crippen MR) is 125 cm³/mol. The van der Waals surface area contributed by atoms with Crippen molar-refractivity contribution in [1.29, 1.82) is 0 Å². The first-order valence-corrected chi connectivity index (χ1v) is 12.5. The molecule has 0 saturated heterocycles. The Hall–Kier alpha value is -1.47. The number of carbonyl (C=O) groups is 3. The average molecular weight is 442 g/mol. The molecule has 0 spiro atoms. The molecule has 1 atom stereocenters. The van der Waals surface area contributed by atoms with Crippen LogP contribution in [0.4, 0.5) is 0 Å². The first kappa shape index (κ1) is 29.5. The average Bonchev–Trinajstić information content (AvgIpc) is 2.76. The topological polar surface area (TPSA) is 113 Å². The highest BCUT2D eigenvalue weighted by atomic mass is 16.3. The van der Waals surface area contributed by atoms with Gasteiger partial charge in [0.05, 0.1) is 6.61 Å². The predicted octanol–water partition coefficient (Wildman–Crippen LogP) is 3.67. The van der Waals surface area contributed by atoms with Crippen molar-refractivity contribution in [3.8, 4) is 0 Å². The van der Waals surface area contributed by atoms with Crippen LogP contribution in [0.25, 0.3) is 0 Å². The fourth-order valence-electron chi connectivity index (χ4n) is 3.64. The number of nitrogens with zero attached hydrogens (tertiary/aromatic N) is 1. The third-order valence-electron chi connectivity index (χ3n) is 5.48. The van der Waals surface area contributed by atoms with Crippen LogP contribution >= 0.6 is 0 Å². The van der Waals surface area contributed by atoms with E-state index in [1.165, 1.54) is 4.90 Å². The number of hydrogen-bond acceptors (Lipinski definition) is 5. The molecule has 0 aromatic carbocycles. The van der Waals surface area contributed by atoms with Crippen LogP contribution in [0.15, 0.2) is 0 Å². The van der Waals surface area contributed by atoms with Crippen molar-refractivity contribution < 1.29 is 19.5 Å². The number of carbonyl (C=O) groups excluding carboxylic acids is 3. The molecule has 0 aliphatic heterocycles. The normalized spacial score (nSPS) is 11.9. The molecule has 182 valence electrons. The number of imide groups is 1. The minimum atomic E-state index is -0.829. The molecular weight excluding hydrogens is 394 g/mol. The van der Waals surface area contributed by atoms with Crippen molar-refractivity contribution in [2.24, 2.45) is 5.73 Å². The van der Waals surface area contributed by atoms with Gasteiger partial charge in [0.1, 0.15) is 6.04 Å². The summed E-state index contributed by atoms with van der Waals surface area (Å²) in [5, 5.41) is 11.7. The van der Waals surface area contributed by atoms with Crippen molar-refractivity contribution in [3.05, 3.63) is 0 Å². The number of aliphatic hydroxyl groups is 1. The van der Waals surface area contributed by atoms with E-state index in [9.17, 15) is 14.4 Å². The molecule has 0 bridgehead atoms. The zero-order valence-corrected chi connectivity index (χ0v) is 20.0. The smallest absolute Gasteiger partial charge is 0.243 e. The van der Waals surface area contributed by atoms with Gasteiger partial charge in [-0.15, -0.1) is 0 Å². The molecule has 0 aliphatic carbocycles. The maximum Gasteiger partial charge on any atom is 0.243 e. The van der Waals surface area contributed by atoms with Crippen LogP contribution in [0.1, 0.15) is 110 Å². The van der Waals surface area contributed by atoms with Crippen molar-refractivity contribution in [2.45, 2.75) is 116 Å². The molecule has 0 radical (unpaired) electrons. The summed E-state index contributed by atoms with van der Waals surface area (Å²) < 4.78 is 0. The van der Waals surface area contributed by atoms with Crippen LogP contribution in [-0.2, 0) is 14.4 Å². The molecule has 0 heterocycles. The van der Waals surface area contributed by atoms with E-state index in [1.807, 2.05) is 0 Å². The van der Waals surface area contributed by atoms with Gasteiger partial charge in [-0.2, -0.15) is 0 Å². The summed E-state index contributed by atoms with van der Waals surface area (Å²) in [4.78, 5) is 40.1. The highest BCUT2D eigenvalue weighted by molar-refractivity contribution is 6.00. The van der Waals surface area contributed by atoms with Gasteiger partial charge in [0.25, 0.3) is 0 Å². The lowest BCUT2D eigenvalue weighted by Gasteiger charge is -2.30. The van der Waals surface area contributed by atoms with E-state index in [0.717, 1.165) is 70.6 Å². The van der Waals surface area contributed by atoms with Crippen molar-refractivity contribution in [3.63, 3.8) is 0 Å². The van der Waals surface area contributed by atoms with Gasteiger partial charge in [0, 0.05) is 19.4 Å². The summed E-state index contributed by atoms with van der Waals surface area (Å²) in [5.74, 6) is -0.886. The van der Waals surface area contributed by atoms with Gasteiger partial charge in [0.15, 0.2) is 0 Å². The lowest BCUT2D eigenvalue weighted by molar-refractivity contribution is -0.152. The van der Waals surface area contributed by atoms with E-state index >= 15 is 0 Å². The SMILES string of the molecule is CCCCCCCC(=O)N(C(=O)CCCCCCC)[C@@H](CCCCN)C(=O)NCCO. The van der Waals surface area contributed by atoms with Crippen molar-refractivity contribution >= 4 is 17.7 Å². The van der Waals surface area contributed by atoms with Crippen molar-refractivity contribution in [2.75, 3.05) is 19.7 Å². The van der Waals surface area contributed by atoms with Crippen LogP contribution in [0.3, 0.4) is 0 Å². The second kappa shape index (κ2) is 20.4. The van der Waals surface area contributed by atoms with Gasteiger partial charge >= 0.3 is 0 Å². The molecule has 0 saturated carbocycles. The largest absolute Gasteiger partial charge is 0.395 e. The molecule has 0 rings (SSSR count). The molecule has 0 unspecified atom stereocenters. The van der Waals surface area contributed by atoms with E-state index in [2.05, 4.69) is 19.2 Å². The van der Waals surface area contributed by atoms with Gasteiger partial charge in [-0.1, -0.05) is 65.2 Å². The zero-order valence-electron chi connectivity index (χ0n) is 20.0. The summed E-state index contributed by atoms with van der Waals surface area (Å²) >= 11 is 0. The molecule has 4 N–H and O–H groups in total. The van der Waals surface area contributed by atoms with E-state index in [4.69, 9.17) is 10.8 Å². The molecule has 0 fully saturated rings. The lowest BCUT2D eigenvalue weighted by Crippen LogP contribution is -2.52. The third kappa shape index (κ3) is 14.3. The molecule has 7 heteroatoms. The summed E-state index contributed by atoms with van der Waals surface area (Å²) in [6.45, 7) is 4.71. The number of hydrogen-bond donors (Lipinski definition) is 3. The monoisotopic (exact) mass is 441 g/mol. The fourth-order valence-corrected chi connectivity index (χ4v) is 3.64. The Kier molecular flexibility index (Phi) is 19.5. The first-order valence-electron chi connectivity index (χ1n) is 12.5. The van der Waals surface area contributed by atoms with Crippen LogP contribution < -0.4 is 11.1 Å². The minimum absolute atomic E-state index is 0.108. The standard InChI is InChI=1S/C24H47N3O4/c1-3-5-7-9-11-16-22(29)27(23(30)17-12-10-8-6-4-2)21(15-13-14-18-25)24(31)26-19-20-28/h21,28H,3-20,25H2,1-2H3,(H,26,31)/t21-/m0/s1. The molecule has 31 heavy (non-hydrogen) atoms. The van der Waals surface area contributed by atoms with Crippen LogP contribution in [0.2, 0.25) is 0 Å². The van der Waals surface area contributed by atoms with Crippen LogP contribution in [0, 0.1) is 0 Å². The second-order valence-electron chi connectivity index (χ2n) is 8.30. The van der Waals surface area contributed by atoms with Crippen molar-refractivity contribution in [1.82, 2.24) is 10.2 Å². The Morgan fingerprint density at radius 1 is 0.806 bits per heavy atom. The first-order chi connectivity index (χ1) is 15.0. The van der Waals surface area contributed by atoms with Crippen LogP contribution in [-0.4, -0.2) is 53.5 Å². The highest BCUT2D eigenvalue weighted by Gasteiger charge is 2.33.